The van der Waals surface area contributed by atoms with Crippen molar-refractivity contribution in [3.63, 3.8) is 0 Å². The Morgan fingerprint density at radius 1 is 1.09 bits per heavy atom. The lowest BCUT2D eigenvalue weighted by atomic mass is 9.94. The summed E-state index contributed by atoms with van der Waals surface area (Å²) in [4.78, 5) is 18.1. The number of piperidine rings is 1. The van der Waals surface area contributed by atoms with Gasteiger partial charge < -0.3 is 19.0 Å². The van der Waals surface area contributed by atoms with Crippen molar-refractivity contribution < 1.29 is 13.9 Å². The standard InChI is InChI=1S/C27H38N2O3/c1-21-7-3-4-8-23(21)15-18-28-16-13-22(14-17-28)19-29(24-9-5-6-10-24)27(30)26-12-11-25(32-26)20-31-2/h3-4,7-8,11-12,22,24H,5-6,9-10,13-20H2,1-2H3. The van der Waals surface area contributed by atoms with E-state index in [2.05, 4.69) is 41.0 Å². The molecule has 1 aromatic carbocycles. The van der Waals surface area contributed by atoms with Crippen molar-refractivity contribution >= 4 is 5.91 Å². The fraction of sp³-hybridized carbons (Fsp3) is 0.593. The molecule has 1 saturated heterocycles. The normalized spacial score (nSPS) is 18.3. The lowest BCUT2D eigenvalue weighted by Crippen LogP contribution is -2.45. The summed E-state index contributed by atoms with van der Waals surface area (Å²) in [5.74, 6) is 1.80. The van der Waals surface area contributed by atoms with Crippen LogP contribution in [0.25, 0.3) is 0 Å². The number of amides is 1. The Morgan fingerprint density at radius 3 is 2.56 bits per heavy atom. The Labute approximate surface area is 192 Å². The van der Waals surface area contributed by atoms with Crippen LogP contribution in [0.3, 0.4) is 0 Å². The van der Waals surface area contributed by atoms with Crippen LogP contribution in [0.15, 0.2) is 40.8 Å². The summed E-state index contributed by atoms with van der Waals surface area (Å²) in [5, 5.41) is 0. The number of likely N-dealkylation sites (tertiary alicyclic amines) is 1. The van der Waals surface area contributed by atoms with E-state index >= 15 is 0 Å². The van der Waals surface area contributed by atoms with Crippen LogP contribution in [-0.2, 0) is 17.8 Å². The molecule has 2 aliphatic rings. The molecule has 1 aliphatic heterocycles. The molecule has 5 nitrogen and oxygen atoms in total. The Morgan fingerprint density at radius 2 is 1.84 bits per heavy atom. The molecule has 5 heteroatoms. The Balaban J connectivity index is 1.32. The molecule has 0 spiro atoms. The highest BCUT2D eigenvalue weighted by atomic mass is 16.5. The lowest BCUT2D eigenvalue weighted by Gasteiger charge is -2.37. The third-order valence-electron chi connectivity index (χ3n) is 7.31. The summed E-state index contributed by atoms with van der Waals surface area (Å²) >= 11 is 0. The number of aryl methyl sites for hydroxylation is 1. The SMILES string of the molecule is COCc1ccc(C(=O)N(CC2CCN(CCc3ccccc3C)CC2)C2CCCC2)o1. The number of hydrogen-bond acceptors (Lipinski definition) is 4. The average molecular weight is 439 g/mol. The minimum Gasteiger partial charge on any atom is -0.453 e. The van der Waals surface area contributed by atoms with Crippen LogP contribution in [0.5, 0.6) is 0 Å². The van der Waals surface area contributed by atoms with E-state index in [1.165, 1.54) is 24.0 Å². The van der Waals surface area contributed by atoms with Crippen LogP contribution in [0.1, 0.15) is 66.0 Å². The van der Waals surface area contributed by atoms with Crippen LogP contribution in [0.2, 0.25) is 0 Å². The number of nitrogens with zero attached hydrogens (tertiary/aromatic N) is 2. The van der Waals surface area contributed by atoms with E-state index in [-0.39, 0.29) is 5.91 Å². The number of methoxy groups -OCH3 is 1. The van der Waals surface area contributed by atoms with Gasteiger partial charge in [-0.3, -0.25) is 4.79 Å². The Hall–Kier alpha value is -2.11. The predicted octanol–water partition coefficient (Wildman–Crippen LogP) is 5.07. The molecule has 1 amide bonds. The maximum atomic E-state index is 13.4. The fourth-order valence-corrected chi connectivity index (χ4v) is 5.31. The van der Waals surface area contributed by atoms with Crippen molar-refractivity contribution in [3.8, 4) is 0 Å². The first-order chi connectivity index (χ1) is 15.6. The lowest BCUT2D eigenvalue weighted by molar-refractivity contribution is 0.0561. The molecule has 0 N–H and O–H groups in total. The quantitative estimate of drug-likeness (QED) is 0.548. The number of furan rings is 1. The Kier molecular flexibility index (Phi) is 8.04. The van der Waals surface area contributed by atoms with Crippen molar-refractivity contribution in [1.82, 2.24) is 9.80 Å². The summed E-state index contributed by atoms with van der Waals surface area (Å²) in [6, 6.07) is 12.7. The zero-order valence-electron chi connectivity index (χ0n) is 19.7. The van der Waals surface area contributed by atoms with E-state index in [1.807, 2.05) is 12.1 Å². The molecule has 2 fully saturated rings. The number of benzene rings is 1. The van der Waals surface area contributed by atoms with Crippen molar-refractivity contribution in [2.24, 2.45) is 5.92 Å². The van der Waals surface area contributed by atoms with E-state index in [1.54, 1.807) is 7.11 Å². The number of rotatable bonds is 9. The Bertz CT molecular complexity index is 863. The number of hydrogen-bond donors (Lipinski definition) is 0. The number of ether oxygens (including phenoxy) is 1. The largest absolute Gasteiger partial charge is 0.453 e. The van der Waals surface area contributed by atoms with E-state index in [9.17, 15) is 4.79 Å². The summed E-state index contributed by atoms with van der Waals surface area (Å²) < 4.78 is 10.9. The molecule has 0 radical (unpaired) electrons. The maximum Gasteiger partial charge on any atom is 0.289 e. The molecule has 0 atom stereocenters. The molecular formula is C27H38N2O3. The minimum atomic E-state index is 0.0567. The summed E-state index contributed by atoms with van der Waals surface area (Å²) in [7, 11) is 1.64. The zero-order chi connectivity index (χ0) is 22.3. The van der Waals surface area contributed by atoms with Crippen LogP contribution in [-0.4, -0.2) is 55.0 Å². The van der Waals surface area contributed by atoms with E-state index < -0.39 is 0 Å². The number of carbonyl (C=O) groups is 1. The molecule has 4 rings (SSSR count). The zero-order valence-corrected chi connectivity index (χ0v) is 19.7. The first kappa shape index (κ1) is 23.1. The topological polar surface area (TPSA) is 45.9 Å². The first-order valence-corrected chi connectivity index (χ1v) is 12.3. The predicted molar refractivity (Wildman–Crippen MR) is 127 cm³/mol. The second-order valence-electron chi connectivity index (χ2n) is 9.56. The van der Waals surface area contributed by atoms with Crippen molar-refractivity contribution in [2.75, 3.05) is 33.3 Å². The van der Waals surface area contributed by atoms with Gasteiger partial charge in [0.2, 0.25) is 0 Å². The van der Waals surface area contributed by atoms with E-state index in [4.69, 9.17) is 9.15 Å². The van der Waals surface area contributed by atoms with Gasteiger partial charge in [-0.15, -0.1) is 0 Å². The summed E-state index contributed by atoms with van der Waals surface area (Å²) in [5.41, 5.74) is 2.85. The third kappa shape index (κ3) is 5.81. The highest BCUT2D eigenvalue weighted by Gasteiger charge is 2.32. The van der Waals surface area contributed by atoms with Crippen LogP contribution in [0, 0.1) is 12.8 Å². The summed E-state index contributed by atoms with van der Waals surface area (Å²) in [6.45, 7) is 6.84. The van der Waals surface area contributed by atoms with Gasteiger partial charge >= 0.3 is 0 Å². The maximum absolute atomic E-state index is 13.4. The second-order valence-corrected chi connectivity index (χ2v) is 9.56. The van der Waals surface area contributed by atoms with Gasteiger partial charge in [-0.25, -0.2) is 0 Å². The highest BCUT2D eigenvalue weighted by Crippen LogP contribution is 2.28. The van der Waals surface area contributed by atoms with Crippen LogP contribution < -0.4 is 0 Å². The van der Waals surface area contributed by atoms with E-state index in [0.29, 0.717) is 30.1 Å². The summed E-state index contributed by atoms with van der Waals surface area (Å²) in [6.07, 6.45) is 8.12. The van der Waals surface area contributed by atoms with E-state index in [0.717, 1.165) is 58.3 Å². The molecular weight excluding hydrogens is 400 g/mol. The molecule has 1 aromatic heterocycles. The average Bonchev–Trinajstić information content (AvgIpc) is 3.50. The molecule has 0 bridgehead atoms. The smallest absolute Gasteiger partial charge is 0.289 e. The second kappa shape index (κ2) is 11.2. The van der Waals surface area contributed by atoms with Gasteiger partial charge in [0.15, 0.2) is 5.76 Å². The fourth-order valence-electron chi connectivity index (χ4n) is 5.31. The molecule has 2 heterocycles. The highest BCUT2D eigenvalue weighted by molar-refractivity contribution is 5.91. The van der Waals surface area contributed by atoms with Crippen molar-refractivity contribution in [1.29, 1.82) is 0 Å². The molecule has 32 heavy (non-hydrogen) atoms. The van der Waals surface area contributed by atoms with Crippen LogP contribution >= 0.6 is 0 Å². The molecule has 1 aliphatic carbocycles. The van der Waals surface area contributed by atoms with Gasteiger partial charge in [0, 0.05) is 26.2 Å². The van der Waals surface area contributed by atoms with Gasteiger partial charge in [0.1, 0.15) is 12.4 Å². The number of carbonyl (C=O) groups excluding carboxylic acids is 1. The van der Waals surface area contributed by atoms with Crippen molar-refractivity contribution in [3.05, 3.63) is 59.0 Å². The first-order valence-electron chi connectivity index (χ1n) is 12.3. The molecule has 0 unspecified atom stereocenters. The monoisotopic (exact) mass is 438 g/mol. The molecule has 1 saturated carbocycles. The molecule has 174 valence electrons. The van der Waals surface area contributed by atoms with Gasteiger partial charge in [-0.1, -0.05) is 37.1 Å². The third-order valence-corrected chi connectivity index (χ3v) is 7.31. The van der Waals surface area contributed by atoms with Gasteiger partial charge in [0.25, 0.3) is 5.91 Å². The van der Waals surface area contributed by atoms with Gasteiger partial charge in [-0.05, 0) is 81.3 Å². The molecule has 2 aromatic rings. The minimum absolute atomic E-state index is 0.0567. The van der Waals surface area contributed by atoms with Crippen molar-refractivity contribution in [2.45, 2.75) is 64.5 Å². The van der Waals surface area contributed by atoms with Gasteiger partial charge in [0.05, 0.1) is 0 Å². The van der Waals surface area contributed by atoms with Gasteiger partial charge in [-0.2, -0.15) is 0 Å². The van der Waals surface area contributed by atoms with Crippen LogP contribution in [0.4, 0.5) is 0 Å².